The van der Waals surface area contributed by atoms with Crippen LogP contribution in [-0.4, -0.2) is 22.9 Å². The molecule has 0 saturated carbocycles. The Bertz CT molecular complexity index is 1310. The maximum Gasteiger partial charge on any atom is 0.259 e. The van der Waals surface area contributed by atoms with Gasteiger partial charge in [-0.3, -0.25) is 19.8 Å². The highest BCUT2D eigenvalue weighted by Gasteiger charge is 2.33. The lowest BCUT2D eigenvalue weighted by atomic mass is 10.1. The summed E-state index contributed by atoms with van der Waals surface area (Å²) >= 11 is 0. The topological polar surface area (TPSA) is 83.7 Å². The number of pyridine rings is 1. The molecule has 0 aliphatic carbocycles. The standard InChI is InChI=1S/C27H27N5O2/c1-17-15-22(34-23-13-14-29-25(16-23)18(2)28)11-12-24(17)30-27(33)26-19(3)31(5)32(20(26)4)21-9-7-6-8-10-21/h6-16H,2,4,28H2,1,3,5H3,(H,30,33). The van der Waals surface area contributed by atoms with Gasteiger partial charge >= 0.3 is 0 Å². The van der Waals surface area contributed by atoms with Gasteiger partial charge in [-0.15, -0.1) is 0 Å². The smallest absolute Gasteiger partial charge is 0.259 e. The molecule has 1 aliphatic heterocycles. The highest BCUT2D eigenvalue weighted by Crippen LogP contribution is 2.35. The maximum absolute atomic E-state index is 13.2. The van der Waals surface area contributed by atoms with E-state index in [1.54, 1.807) is 24.4 Å². The molecule has 172 valence electrons. The van der Waals surface area contributed by atoms with E-state index in [0.29, 0.717) is 39.8 Å². The molecule has 4 rings (SSSR count). The first-order valence-electron chi connectivity index (χ1n) is 10.8. The molecule has 1 amide bonds. The fraction of sp³-hybridized carbons (Fsp3) is 0.111. The number of hydrogen-bond donors (Lipinski definition) is 2. The number of nitrogens with one attached hydrogen (secondary N) is 1. The SMILES string of the molecule is C=C(N)c1cc(Oc2ccc(NC(=O)C3=C(C)N(C)N(c4ccccc4)C3=C)c(C)c2)ccn1. The fourth-order valence-electron chi connectivity index (χ4n) is 3.81. The second-order valence-corrected chi connectivity index (χ2v) is 8.01. The van der Waals surface area contributed by atoms with Crippen LogP contribution in [0.2, 0.25) is 0 Å². The van der Waals surface area contributed by atoms with E-state index in [9.17, 15) is 4.79 Å². The quantitative estimate of drug-likeness (QED) is 0.533. The Labute approximate surface area is 199 Å². The predicted molar refractivity (Wildman–Crippen MR) is 136 cm³/mol. The van der Waals surface area contributed by atoms with Crippen molar-refractivity contribution in [3.8, 4) is 11.5 Å². The van der Waals surface area contributed by atoms with Gasteiger partial charge in [0.25, 0.3) is 5.91 Å². The Hall–Kier alpha value is -4.52. The zero-order valence-corrected chi connectivity index (χ0v) is 19.5. The van der Waals surface area contributed by atoms with Crippen LogP contribution in [0.1, 0.15) is 18.2 Å². The number of rotatable bonds is 6. The van der Waals surface area contributed by atoms with E-state index in [2.05, 4.69) is 23.5 Å². The Morgan fingerprint density at radius 3 is 2.44 bits per heavy atom. The number of aromatic nitrogens is 1. The fourth-order valence-corrected chi connectivity index (χ4v) is 3.81. The molecule has 3 N–H and O–H groups in total. The Balaban J connectivity index is 1.51. The van der Waals surface area contributed by atoms with E-state index in [0.717, 1.165) is 16.9 Å². The number of carbonyl (C=O) groups excluding carboxylic acids is 1. The second-order valence-electron chi connectivity index (χ2n) is 8.01. The van der Waals surface area contributed by atoms with Crippen LogP contribution >= 0.6 is 0 Å². The summed E-state index contributed by atoms with van der Waals surface area (Å²) in [6.45, 7) is 11.7. The first kappa shape index (κ1) is 22.7. The molecule has 1 aliphatic rings. The number of anilines is 2. The van der Waals surface area contributed by atoms with Crippen LogP contribution in [0.4, 0.5) is 11.4 Å². The highest BCUT2D eigenvalue weighted by atomic mass is 16.5. The number of allylic oxidation sites excluding steroid dienone is 1. The van der Waals surface area contributed by atoms with Crippen molar-refractivity contribution in [1.29, 1.82) is 0 Å². The van der Waals surface area contributed by atoms with Gasteiger partial charge in [0.1, 0.15) is 11.5 Å². The summed E-state index contributed by atoms with van der Waals surface area (Å²) in [5.41, 5.74) is 11.1. The van der Waals surface area contributed by atoms with Crippen molar-refractivity contribution in [3.05, 3.63) is 108 Å². The third-order valence-corrected chi connectivity index (χ3v) is 5.66. The van der Waals surface area contributed by atoms with E-state index in [-0.39, 0.29) is 5.91 Å². The Morgan fingerprint density at radius 1 is 1.06 bits per heavy atom. The molecule has 0 bridgehead atoms. The highest BCUT2D eigenvalue weighted by molar-refractivity contribution is 6.09. The Morgan fingerprint density at radius 2 is 1.76 bits per heavy atom. The van der Waals surface area contributed by atoms with Crippen molar-refractivity contribution in [2.24, 2.45) is 5.73 Å². The number of hydrazine groups is 1. The summed E-state index contributed by atoms with van der Waals surface area (Å²) in [5, 5.41) is 6.87. The molecule has 0 fully saturated rings. The number of amides is 1. The van der Waals surface area contributed by atoms with E-state index in [4.69, 9.17) is 10.5 Å². The van der Waals surface area contributed by atoms with Crippen molar-refractivity contribution < 1.29 is 9.53 Å². The molecule has 1 aromatic heterocycles. The third-order valence-electron chi connectivity index (χ3n) is 5.66. The number of hydrogen-bond acceptors (Lipinski definition) is 6. The number of nitrogens with two attached hydrogens (primary N) is 1. The summed E-state index contributed by atoms with van der Waals surface area (Å²) < 4.78 is 5.93. The van der Waals surface area contributed by atoms with Gasteiger partial charge in [-0.25, -0.2) is 0 Å². The monoisotopic (exact) mass is 453 g/mol. The first-order chi connectivity index (χ1) is 16.3. The number of benzene rings is 2. The predicted octanol–water partition coefficient (Wildman–Crippen LogP) is 5.20. The minimum absolute atomic E-state index is 0.218. The number of carbonyl (C=O) groups is 1. The van der Waals surface area contributed by atoms with Crippen LogP contribution in [-0.2, 0) is 4.79 Å². The maximum atomic E-state index is 13.2. The molecule has 7 heteroatoms. The van der Waals surface area contributed by atoms with Gasteiger partial charge < -0.3 is 15.8 Å². The lowest BCUT2D eigenvalue weighted by molar-refractivity contribution is -0.112. The molecule has 34 heavy (non-hydrogen) atoms. The van der Waals surface area contributed by atoms with Crippen molar-refractivity contribution in [2.75, 3.05) is 17.4 Å². The minimum atomic E-state index is -0.218. The zero-order chi connectivity index (χ0) is 24.4. The number of aryl methyl sites for hydroxylation is 1. The average Bonchev–Trinajstić information content (AvgIpc) is 3.04. The summed E-state index contributed by atoms with van der Waals surface area (Å²) in [5.74, 6) is 1.01. The van der Waals surface area contributed by atoms with E-state index in [1.165, 1.54) is 0 Å². The van der Waals surface area contributed by atoms with Crippen LogP contribution in [0, 0.1) is 6.92 Å². The van der Waals surface area contributed by atoms with Crippen LogP contribution in [0.3, 0.4) is 0 Å². The number of nitrogens with zero attached hydrogens (tertiary/aromatic N) is 3. The van der Waals surface area contributed by atoms with Crippen LogP contribution in [0.15, 0.2) is 97.0 Å². The molecule has 0 atom stereocenters. The van der Waals surface area contributed by atoms with Gasteiger partial charge in [0, 0.05) is 30.7 Å². The molecular formula is C27H27N5O2. The lowest BCUT2D eigenvalue weighted by Gasteiger charge is -2.29. The normalized spacial score (nSPS) is 13.3. The zero-order valence-electron chi connectivity index (χ0n) is 19.5. The van der Waals surface area contributed by atoms with Gasteiger partial charge in [-0.2, -0.15) is 0 Å². The van der Waals surface area contributed by atoms with Gasteiger partial charge in [0.05, 0.1) is 28.3 Å². The first-order valence-corrected chi connectivity index (χ1v) is 10.8. The molecule has 0 saturated heterocycles. The summed E-state index contributed by atoms with van der Waals surface area (Å²) in [6.07, 6.45) is 1.62. The third kappa shape index (κ3) is 4.36. The lowest BCUT2D eigenvalue weighted by Crippen LogP contribution is -2.32. The van der Waals surface area contributed by atoms with Crippen molar-refractivity contribution in [2.45, 2.75) is 13.8 Å². The summed E-state index contributed by atoms with van der Waals surface area (Å²) in [4.78, 5) is 17.4. The molecule has 2 heterocycles. The molecule has 2 aromatic carbocycles. The number of para-hydroxylation sites is 1. The van der Waals surface area contributed by atoms with Crippen LogP contribution in [0.25, 0.3) is 5.70 Å². The molecule has 0 spiro atoms. The molecule has 7 nitrogen and oxygen atoms in total. The molecule has 3 aromatic rings. The van der Waals surface area contributed by atoms with Gasteiger partial charge in [0.2, 0.25) is 0 Å². The van der Waals surface area contributed by atoms with E-state index >= 15 is 0 Å². The van der Waals surface area contributed by atoms with Crippen molar-refractivity contribution >= 4 is 23.0 Å². The number of ether oxygens (including phenoxy) is 1. The summed E-state index contributed by atoms with van der Waals surface area (Å²) in [6, 6.07) is 18.8. The van der Waals surface area contributed by atoms with Crippen LogP contribution < -0.4 is 20.8 Å². The molecule has 0 radical (unpaired) electrons. The summed E-state index contributed by atoms with van der Waals surface area (Å²) in [7, 11) is 1.91. The second kappa shape index (κ2) is 9.15. The van der Waals surface area contributed by atoms with E-state index in [1.807, 2.05) is 73.4 Å². The molecular weight excluding hydrogens is 426 g/mol. The van der Waals surface area contributed by atoms with E-state index < -0.39 is 0 Å². The average molecular weight is 454 g/mol. The van der Waals surface area contributed by atoms with Crippen molar-refractivity contribution in [3.63, 3.8) is 0 Å². The van der Waals surface area contributed by atoms with Crippen molar-refractivity contribution in [1.82, 2.24) is 9.99 Å². The minimum Gasteiger partial charge on any atom is -0.457 e. The Kier molecular flexibility index (Phi) is 6.10. The van der Waals surface area contributed by atoms with Gasteiger partial charge in [-0.1, -0.05) is 31.4 Å². The molecule has 0 unspecified atom stereocenters. The van der Waals surface area contributed by atoms with Gasteiger partial charge in [0.15, 0.2) is 0 Å². The van der Waals surface area contributed by atoms with Crippen LogP contribution in [0.5, 0.6) is 11.5 Å². The largest absolute Gasteiger partial charge is 0.457 e. The van der Waals surface area contributed by atoms with Gasteiger partial charge in [-0.05, 0) is 55.8 Å².